The van der Waals surface area contributed by atoms with Crippen molar-refractivity contribution in [3.63, 3.8) is 0 Å². The zero-order valence-electron chi connectivity index (χ0n) is 19.4. The Hall–Kier alpha value is -2.85. The number of benzene rings is 1. The minimum atomic E-state index is -0.506. The van der Waals surface area contributed by atoms with Gasteiger partial charge in [0.15, 0.2) is 17.6 Å². The number of esters is 1. The van der Waals surface area contributed by atoms with Crippen LogP contribution in [0.2, 0.25) is 0 Å². The number of hydrogen-bond donors (Lipinski definition) is 1. The summed E-state index contributed by atoms with van der Waals surface area (Å²) in [7, 11) is 1.54. The molecule has 0 fully saturated rings. The van der Waals surface area contributed by atoms with E-state index in [9.17, 15) is 9.59 Å². The van der Waals surface area contributed by atoms with E-state index in [2.05, 4.69) is 36.3 Å². The lowest BCUT2D eigenvalue weighted by Crippen LogP contribution is -2.22. The third-order valence-corrected chi connectivity index (χ3v) is 6.60. The van der Waals surface area contributed by atoms with E-state index in [-0.39, 0.29) is 17.8 Å². The largest absolute Gasteiger partial charge is 0.495 e. The molecule has 0 aliphatic rings. The highest BCUT2D eigenvalue weighted by Crippen LogP contribution is 2.31. The number of anilines is 1. The van der Waals surface area contributed by atoms with Crippen LogP contribution in [0.1, 0.15) is 33.3 Å². The number of rotatable bonds is 9. The van der Waals surface area contributed by atoms with Crippen molar-refractivity contribution in [3.8, 4) is 16.5 Å². The molecule has 0 atom stereocenters. The van der Waals surface area contributed by atoms with Gasteiger partial charge in [0, 0.05) is 6.54 Å². The number of carbonyl (C=O) groups excluding carboxylic acids is 2. The van der Waals surface area contributed by atoms with Crippen molar-refractivity contribution < 1.29 is 19.1 Å². The molecule has 0 radical (unpaired) electrons. The topological polar surface area (TPSA) is 95.3 Å². The van der Waals surface area contributed by atoms with Crippen molar-refractivity contribution >= 4 is 40.7 Å². The highest BCUT2D eigenvalue weighted by Gasteiger charge is 2.19. The standard InChI is InChI=1S/C23H28N4O4S2/c1-6-27-21(18-8-7-11-32-18)25-26-22(27)33-14-20(29)31-13-19(28)24-16-12-15(23(2,3)4)9-10-17(16)30-5/h7-12H,6,13-14H2,1-5H3,(H,24,28). The Morgan fingerprint density at radius 2 is 2.00 bits per heavy atom. The molecule has 2 heterocycles. The molecule has 176 valence electrons. The van der Waals surface area contributed by atoms with E-state index in [1.54, 1.807) is 11.3 Å². The van der Waals surface area contributed by atoms with Crippen molar-refractivity contribution in [1.29, 1.82) is 0 Å². The summed E-state index contributed by atoms with van der Waals surface area (Å²) in [6.45, 7) is 8.54. The second kappa shape index (κ2) is 10.8. The minimum Gasteiger partial charge on any atom is -0.495 e. The van der Waals surface area contributed by atoms with Crippen LogP contribution in [0.5, 0.6) is 5.75 Å². The smallest absolute Gasteiger partial charge is 0.316 e. The second-order valence-corrected chi connectivity index (χ2v) is 10.1. The first-order valence-corrected chi connectivity index (χ1v) is 12.3. The van der Waals surface area contributed by atoms with Crippen LogP contribution in [0.15, 0.2) is 40.9 Å². The Balaban J connectivity index is 1.54. The van der Waals surface area contributed by atoms with E-state index >= 15 is 0 Å². The fourth-order valence-electron chi connectivity index (χ4n) is 3.04. The molecule has 3 rings (SSSR count). The Labute approximate surface area is 201 Å². The molecule has 1 amide bonds. The summed E-state index contributed by atoms with van der Waals surface area (Å²) in [5, 5.41) is 13.8. The Kier molecular flexibility index (Phi) is 8.15. The van der Waals surface area contributed by atoms with Gasteiger partial charge in [-0.1, -0.05) is 44.7 Å². The van der Waals surface area contributed by atoms with E-state index < -0.39 is 11.9 Å². The SMILES string of the molecule is CCn1c(SCC(=O)OCC(=O)Nc2cc(C(C)(C)C)ccc2OC)nnc1-c1cccs1. The van der Waals surface area contributed by atoms with Gasteiger partial charge in [0.2, 0.25) is 0 Å². The molecule has 0 aliphatic heterocycles. The number of hydrogen-bond acceptors (Lipinski definition) is 8. The lowest BCUT2D eigenvalue weighted by molar-refractivity contribution is -0.144. The van der Waals surface area contributed by atoms with E-state index in [0.29, 0.717) is 23.1 Å². The Bertz CT molecular complexity index is 1100. The van der Waals surface area contributed by atoms with Crippen LogP contribution in [0, 0.1) is 0 Å². The maximum absolute atomic E-state index is 12.4. The van der Waals surface area contributed by atoms with E-state index in [0.717, 1.165) is 16.3 Å². The van der Waals surface area contributed by atoms with Crippen LogP contribution in [0.25, 0.3) is 10.7 Å². The summed E-state index contributed by atoms with van der Waals surface area (Å²) < 4.78 is 12.4. The quantitative estimate of drug-likeness (QED) is 0.347. The Morgan fingerprint density at radius 1 is 1.21 bits per heavy atom. The van der Waals surface area contributed by atoms with Gasteiger partial charge in [0.25, 0.3) is 5.91 Å². The molecule has 0 saturated carbocycles. The minimum absolute atomic E-state index is 0.0265. The maximum atomic E-state index is 12.4. The van der Waals surface area contributed by atoms with Gasteiger partial charge >= 0.3 is 5.97 Å². The van der Waals surface area contributed by atoms with E-state index in [4.69, 9.17) is 9.47 Å². The molecule has 0 saturated heterocycles. The average molecular weight is 489 g/mol. The zero-order chi connectivity index (χ0) is 24.0. The Morgan fingerprint density at radius 3 is 2.64 bits per heavy atom. The number of thiophene rings is 1. The maximum Gasteiger partial charge on any atom is 0.316 e. The molecule has 0 unspecified atom stereocenters. The molecular weight excluding hydrogens is 460 g/mol. The summed E-state index contributed by atoms with van der Waals surface area (Å²) in [6, 6.07) is 9.59. The highest BCUT2D eigenvalue weighted by atomic mass is 32.2. The first kappa shape index (κ1) is 24.8. The van der Waals surface area contributed by atoms with Gasteiger partial charge in [-0.15, -0.1) is 21.5 Å². The van der Waals surface area contributed by atoms with Crippen molar-refractivity contribution in [2.45, 2.75) is 44.8 Å². The summed E-state index contributed by atoms with van der Waals surface area (Å²) in [4.78, 5) is 25.6. The first-order chi connectivity index (χ1) is 15.7. The average Bonchev–Trinajstić information content (AvgIpc) is 3.44. The molecule has 8 nitrogen and oxygen atoms in total. The van der Waals surface area contributed by atoms with Crippen molar-refractivity contribution in [1.82, 2.24) is 14.8 Å². The summed E-state index contributed by atoms with van der Waals surface area (Å²) in [5.41, 5.74) is 1.50. The third kappa shape index (κ3) is 6.35. The molecule has 0 bridgehead atoms. The van der Waals surface area contributed by atoms with Crippen LogP contribution in [0.4, 0.5) is 5.69 Å². The van der Waals surface area contributed by atoms with Gasteiger partial charge in [-0.25, -0.2) is 0 Å². The molecule has 33 heavy (non-hydrogen) atoms. The van der Waals surface area contributed by atoms with Crippen LogP contribution in [0.3, 0.4) is 0 Å². The summed E-state index contributed by atoms with van der Waals surface area (Å²) in [5.74, 6) is 0.398. The lowest BCUT2D eigenvalue weighted by atomic mass is 9.87. The van der Waals surface area contributed by atoms with Gasteiger partial charge in [0.1, 0.15) is 5.75 Å². The van der Waals surface area contributed by atoms with Crippen molar-refractivity contribution in [2.75, 3.05) is 24.8 Å². The van der Waals surface area contributed by atoms with Crippen LogP contribution >= 0.6 is 23.1 Å². The lowest BCUT2D eigenvalue weighted by Gasteiger charge is -2.21. The van der Waals surface area contributed by atoms with E-state index in [1.165, 1.54) is 18.9 Å². The predicted octanol–water partition coefficient (Wildman–Crippen LogP) is 4.61. The second-order valence-electron chi connectivity index (χ2n) is 8.19. The van der Waals surface area contributed by atoms with Gasteiger partial charge < -0.3 is 19.4 Å². The number of methoxy groups -OCH3 is 1. The number of aromatic nitrogens is 3. The van der Waals surface area contributed by atoms with E-state index in [1.807, 2.05) is 47.2 Å². The van der Waals surface area contributed by atoms with Crippen LogP contribution in [-0.4, -0.2) is 46.1 Å². The van der Waals surface area contributed by atoms with Gasteiger partial charge in [-0.3, -0.25) is 9.59 Å². The van der Waals surface area contributed by atoms with Gasteiger partial charge in [-0.2, -0.15) is 0 Å². The summed E-state index contributed by atoms with van der Waals surface area (Å²) in [6.07, 6.45) is 0. The molecule has 2 aromatic heterocycles. The van der Waals surface area contributed by atoms with Crippen molar-refractivity contribution in [3.05, 3.63) is 41.3 Å². The van der Waals surface area contributed by atoms with Gasteiger partial charge in [0.05, 0.1) is 23.4 Å². The fraction of sp³-hybridized carbons (Fsp3) is 0.391. The first-order valence-electron chi connectivity index (χ1n) is 10.5. The number of nitrogens with one attached hydrogen (secondary N) is 1. The normalized spacial score (nSPS) is 11.3. The number of ether oxygens (including phenoxy) is 2. The fourth-order valence-corrected chi connectivity index (χ4v) is 4.56. The highest BCUT2D eigenvalue weighted by molar-refractivity contribution is 7.99. The molecule has 0 aliphatic carbocycles. The molecule has 3 aromatic rings. The van der Waals surface area contributed by atoms with Crippen LogP contribution in [-0.2, 0) is 26.3 Å². The van der Waals surface area contributed by atoms with Crippen LogP contribution < -0.4 is 10.1 Å². The monoisotopic (exact) mass is 488 g/mol. The predicted molar refractivity (Wildman–Crippen MR) is 131 cm³/mol. The number of carbonyl (C=O) groups is 2. The number of amides is 1. The molecule has 10 heteroatoms. The zero-order valence-corrected chi connectivity index (χ0v) is 21.0. The summed E-state index contributed by atoms with van der Waals surface area (Å²) >= 11 is 2.81. The number of nitrogens with zero attached hydrogens (tertiary/aromatic N) is 3. The molecule has 1 N–H and O–H groups in total. The van der Waals surface area contributed by atoms with Gasteiger partial charge in [-0.05, 0) is 41.5 Å². The number of thioether (sulfide) groups is 1. The van der Waals surface area contributed by atoms with Crippen molar-refractivity contribution in [2.24, 2.45) is 0 Å². The third-order valence-electron chi connectivity index (χ3n) is 4.80. The molecule has 1 aromatic carbocycles. The molecular formula is C23H28N4O4S2. The molecule has 0 spiro atoms.